The van der Waals surface area contributed by atoms with Gasteiger partial charge in [0.25, 0.3) is 0 Å². The van der Waals surface area contributed by atoms with E-state index in [1.54, 1.807) is 12.1 Å². The zero-order chi connectivity index (χ0) is 13.9. The molecule has 3 aromatic rings. The number of hydrogen-bond acceptors (Lipinski definition) is 5. The Labute approximate surface area is 118 Å². The predicted molar refractivity (Wildman–Crippen MR) is 76.2 cm³/mol. The highest BCUT2D eigenvalue weighted by Crippen LogP contribution is 2.28. The lowest BCUT2D eigenvalue weighted by Gasteiger charge is -2.05. The van der Waals surface area contributed by atoms with Crippen LogP contribution in [-0.2, 0) is 0 Å². The summed E-state index contributed by atoms with van der Waals surface area (Å²) in [5, 5.41) is 8.94. The van der Waals surface area contributed by atoms with Gasteiger partial charge >= 0.3 is 0 Å². The molecule has 100 valence electrons. The van der Waals surface area contributed by atoms with Gasteiger partial charge in [-0.05, 0) is 48.5 Å². The molecule has 0 fully saturated rings. The molecule has 0 amide bonds. The van der Waals surface area contributed by atoms with Crippen molar-refractivity contribution in [3.63, 3.8) is 0 Å². The van der Waals surface area contributed by atoms with Crippen LogP contribution in [0.1, 0.15) is 0 Å². The maximum Gasteiger partial charge on any atom is 0.203 e. The van der Waals surface area contributed by atoms with Gasteiger partial charge in [-0.15, -0.1) is 10.2 Å². The summed E-state index contributed by atoms with van der Waals surface area (Å²) >= 11 is 1.33. The van der Waals surface area contributed by atoms with E-state index < -0.39 is 0 Å². The summed E-state index contributed by atoms with van der Waals surface area (Å²) in [6, 6.07) is 13.2. The van der Waals surface area contributed by atoms with Crippen molar-refractivity contribution in [1.29, 1.82) is 0 Å². The first-order valence-electron chi connectivity index (χ1n) is 5.83. The first kappa shape index (κ1) is 12.6. The number of halogens is 1. The van der Waals surface area contributed by atoms with E-state index in [9.17, 15) is 4.39 Å². The summed E-state index contributed by atoms with van der Waals surface area (Å²) in [5.41, 5.74) is 6.47. The second kappa shape index (κ2) is 5.26. The zero-order valence-electron chi connectivity index (χ0n) is 10.3. The third-order valence-electron chi connectivity index (χ3n) is 2.59. The Morgan fingerprint density at radius 2 is 1.50 bits per heavy atom. The summed E-state index contributed by atoms with van der Waals surface area (Å²) < 4.78 is 18.4. The van der Waals surface area contributed by atoms with Crippen molar-refractivity contribution in [2.75, 3.05) is 5.73 Å². The van der Waals surface area contributed by atoms with Gasteiger partial charge in [0.05, 0.1) is 0 Å². The molecule has 0 unspecified atom stereocenters. The van der Waals surface area contributed by atoms with Crippen LogP contribution in [0.4, 0.5) is 9.52 Å². The van der Waals surface area contributed by atoms with Gasteiger partial charge in [-0.1, -0.05) is 11.3 Å². The van der Waals surface area contributed by atoms with Crippen LogP contribution in [0, 0.1) is 5.82 Å². The molecule has 0 aliphatic carbocycles. The molecule has 6 heteroatoms. The van der Waals surface area contributed by atoms with E-state index >= 15 is 0 Å². The van der Waals surface area contributed by atoms with Crippen molar-refractivity contribution >= 4 is 16.5 Å². The van der Waals surface area contributed by atoms with E-state index in [2.05, 4.69) is 10.2 Å². The largest absolute Gasteiger partial charge is 0.457 e. The Morgan fingerprint density at radius 1 is 0.900 bits per heavy atom. The Balaban J connectivity index is 1.77. The standard InChI is InChI=1S/C14H10FN3OS/c15-10-3-7-12(8-4-10)19-11-5-1-9(2-6-11)13-17-18-14(16)20-13/h1-8H,(H2,16,18). The Hall–Kier alpha value is -2.47. The molecule has 2 aromatic carbocycles. The zero-order valence-corrected chi connectivity index (χ0v) is 11.1. The van der Waals surface area contributed by atoms with E-state index in [0.717, 1.165) is 10.6 Å². The summed E-state index contributed by atoms with van der Waals surface area (Å²) in [5.74, 6) is 0.957. The highest BCUT2D eigenvalue weighted by atomic mass is 32.1. The summed E-state index contributed by atoms with van der Waals surface area (Å²) in [7, 11) is 0. The number of benzene rings is 2. The SMILES string of the molecule is Nc1nnc(-c2ccc(Oc3ccc(F)cc3)cc2)s1. The van der Waals surface area contributed by atoms with Crippen LogP contribution in [-0.4, -0.2) is 10.2 Å². The molecule has 0 spiro atoms. The topological polar surface area (TPSA) is 61.0 Å². The minimum Gasteiger partial charge on any atom is -0.457 e. The molecule has 1 aromatic heterocycles. The minimum absolute atomic E-state index is 0.290. The molecule has 0 aliphatic heterocycles. The lowest BCUT2D eigenvalue weighted by atomic mass is 10.2. The number of rotatable bonds is 3. The Kier molecular flexibility index (Phi) is 3.30. The maximum atomic E-state index is 12.8. The van der Waals surface area contributed by atoms with Gasteiger partial charge in [-0.2, -0.15) is 0 Å². The van der Waals surface area contributed by atoms with Crippen LogP contribution in [0.3, 0.4) is 0 Å². The fourth-order valence-electron chi connectivity index (χ4n) is 1.66. The van der Waals surface area contributed by atoms with Gasteiger partial charge in [0, 0.05) is 5.56 Å². The number of ether oxygens (including phenoxy) is 1. The van der Waals surface area contributed by atoms with Crippen molar-refractivity contribution in [2.45, 2.75) is 0 Å². The maximum absolute atomic E-state index is 12.8. The van der Waals surface area contributed by atoms with Crippen LogP contribution in [0.15, 0.2) is 48.5 Å². The second-order valence-electron chi connectivity index (χ2n) is 4.03. The van der Waals surface area contributed by atoms with Crippen molar-refractivity contribution < 1.29 is 9.13 Å². The van der Waals surface area contributed by atoms with Crippen molar-refractivity contribution in [3.05, 3.63) is 54.3 Å². The van der Waals surface area contributed by atoms with Gasteiger partial charge in [-0.3, -0.25) is 0 Å². The Morgan fingerprint density at radius 3 is 2.05 bits per heavy atom. The van der Waals surface area contributed by atoms with Gasteiger partial charge < -0.3 is 10.5 Å². The van der Waals surface area contributed by atoms with Crippen LogP contribution in [0.25, 0.3) is 10.6 Å². The molecule has 0 atom stereocenters. The molecule has 0 aliphatic rings. The summed E-state index contributed by atoms with van der Waals surface area (Å²) in [6.07, 6.45) is 0. The molecule has 4 nitrogen and oxygen atoms in total. The lowest BCUT2D eigenvalue weighted by molar-refractivity contribution is 0.480. The first-order valence-corrected chi connectivity index (χ1v) is 6.65. The monoisotopic (exact) mass is 287 g/mol. The van der Waals surface area contributed by atoms with Gasteiger partial charge in [0.15, 0.2) is 0 Å². The third kappa shape index (κ3) is 2.75. The molecule has 0 saturated heterocycles. The lowest BCUT2D eigenvalue weighted by Crippen LogP contribution is -1.85. The highest BCUT2D eigenvalue weighted by molar-refractivity contribution is 7.18. The number of anilines is 1. The molecule has 2 N–H and O–H groups in total. The summed E-state index contributed by atoms with van der Waals surface area (Å²) in [4.78, 5) is 0. The van der Waals surface area contributed by atoms with E-state index in [1.807, 2.05) is 24.3 Å². The van der Waals surface area contributed by atoms with Crippen LogP contribution >= 0.6 is 11.3 Å². The molecule has 20 heavy (non-hydrogen) atoms. The average molecular weight is 287 g/mol. The van der Waals surface area contributed by atoms with Crippen molar-refractivity contribution in [2.24, 2.45) is 0 Å². The third-order valence-corrected chi connectivity index (χ3v) is 3.39. The minimum atomic E-state index is -0.290. The van der Waals surface area contributed by atoms with Gasteiger partial charge in [0.2, 0.25) is 5.13 Å². The van der Waals surface area contributed by atoms with Crippen LogP contribution < -0.4 is 10.5 Å². The molecule has 0 radical (unpaired) electrons. The number of nitrogen functional groups attached to an aromatic ring is 1. The van der Waals surface area contributed by atoms with Crippen LogP contribution in [0.2, 0.25) is 0 Å². The van der Waals surface area contributed by atoms with Crippen molar-refractivity contribution in [1.82, 2.24) is 10.2 Å². The molecule has 3 rings (SSSR count). The fraction of sp³-hybridized carbons (Fsp3) is 0. The first-order chi connectivity index (χ1) is 9.70. The molecule has 1 heterocycles. The number of hydrogen-bond donors (Lipinski definition) is 1. The number of nitrogens with two attached hydrogens (primary N) is 1. The fourth-order valence-corrected chi connectivity index (χ4v) is 2.27. The normalized spacial score (nSPS) is 10.4. The summed E-state index contributed by atoms with van der Waals surface area (Å²) in [6.45, 7) is 0. The van der Waals surface area contributed by atoms with Gasteiger partial charge in [0.1, 0.15) is 22.3 Å². The van der Waals surface area contributed by atoms with Crippen molar-refractivity contribution in [3.8, 4) is 22.1 Å². The molecule has 0 saturated carbocycles. The number of aromatic nitrogens is 2. The number of nitrogens with zero attached hydrogens (tertiary/aromatic N) is 2. The predicted octanol–water partition coefficient (Wildman–Crippen LogP) is 3.72. The Bertz CT molecular complexity index is 710. The smallest absolute Gasteiger partial charge is 0.203 e. The highest BCUT2D eigenvalue weighted by Gasteiger charge is 2.05. The second-order valence-corrected chi connectivity index (χ2v) is 5.03. The van der Waals surface area contributed by atoms with E-state index in [1.165, 1.54) is 23.5 Å². The van der Waals surface area contributed by atoms with Crippen LogP contribution in [0.5, 0.6) is 11.5 Å². The van der Waals surface area contributed by atoms with E-state index in [-0.39, 0.29) is 5.82 Å². The van der Waals surface area contributed by atoms with E-state index in [4.69, 9.17) is 10.5 Å². The van der Waals surface area contributed by atoms with Gasteiger partial charge in [-0.25, -0.2) is 4.39 Å². The molecular formula is C14H10FN3OS. The quantitative estimate of drug-likeness (QED) is 0.797. The van der Waals surface area contributed by atoms with E-state index in [0.29, 0.717) is 16.6 Å². The molecule has 0 bridgehead atoms. The molecular weight excluding hydrogens is 277 g/mol. The average Bonchev–Trinajstić information content (AvgIpc) is 2.89.